The van der Waals surface area contributed by atoms with Gasteiger partial charge in [0, 0.05) is 4.90 Å². The molecule has 0 saturated carbocycles. The molecule has 3 fully saturated rings. The van der Waals surface area contributed by atoms with Crippen molar-refractivity contribution in [3.8, 4) is 0 Å². The molecule has 3 aliphatic heterocycles. The van der Waals surface area contributed by atoms with Crippen molar-refractivity contribution in [2.45, 2.75) is 169 Å². The first-order valence-corrected chi connectivity index (χ1v) is 39.3. The summed E-state index contributed by atoms with van der Waals surface area (Å²) < 4.78 is 110. The third-order valence-electron chi connectivity index (χ3n) is 19.9. The van der Waals surface area contributed by atoms with Gasteiger partial charge in [-0.25, -0.2) is 0 Å². The topological polar surface area (TPSA) is 138 Å². The van der Waals surface area contributed by atoms with E-state index in [1.807, 2.05) is 267 Å². The average molecular weight is 1510 g/mol. The van der Waals surface area contributed by atoms with Gasteiger partial charge in [-0.2, -0.15) is 0 Å². The number of rotatable bonds is 39. The number of hydrogen-bond donors (Lipinski definition) is 0. The van der Waals surface area contributed by atoms with Crippen LogP contribution in [0.4, 0.5) is 0 Å². The molecule has 111 heavy (non-hydrogen) atoms. The molecule has 0 aromatic heterocycles. The molecule has 11 aromatic carbocycles. The second-order valence-electron chi connectivity index (χ2n) is 28.1. The minimum atomic E-state index is -1.19. The van der Waals surface area contributed by atoms with E-state index in [2.05, 4.69) is 67.6 Å². The molecule has 3 saturated heterocycles. The predicted molar refractivity (Wildman–Crippen MR) is 426 cm³/mol. The molecule has 14 rings (SSSR count). The van der Waals surface area contributed by atoms with Gasteiger partial charge in [-0.1, -0.05) is 333 Å². The molecule has 574 valence electrons. The van der Waals surface area contributed by atoms with Crippen LogP contribution in [0.15, 0.2) is 332 Å². The number of thioether (sulfide) groups is 1. The molecule has 3 heterocycles. The minimum Gasteiger partial charge on any atom is -0.374 e. The lowest BCUT2D eigenvalue weighted by Crippen LogP contribution is -2.64. The summed E-state index contributed by atoms with van der Waals surface area (Å²) in [4.78, 5) is 0.988. The molecular weight excluding hydrogens is 1410 g/mol. The van der Waals surface area contributed by atoms with Gasteiger partial charge in [0.15, 0.2) is 12.6 Å². The highest BCUT2D eigenvalue weighted by Gasteiger charge is 2.54. The molecule has 0 unspecified atom stereocenters. The van der Waals surface area contributed by atoms with E-state index in [0.717, 1.165) is 66.1 Å². The van der Waals surface area contributed by atoms with Crippen molar-refractivity contribution in [3.05, 3.63) is 389 Å². The van der Waals surface area contributed by atoms with Crippen molar-refractivity contribution in [1.29, 1.82) is 0 Å². The van der Waals surface area contributed by atoms with E-state index in [-0.39, 0.29) is 79.3 Å². The Morgan fingerprint density at radius 2 is 0.441 bits per heavy atom. The predicted octanol–water partition coefficient (Wildman–Crippen LogP) is 17.8. The fourth-order valence-electron chi connectivity index (χ4n) is 14.0. The van der Waals surface area contributed by atoms with E-state index in [4.69, 9.17) is 71.1 Å². The van der Waals surface area contributed by atoms with Crippen LogP contribution < -0.4 is 0 Å². The van der Waals surface area contributed by atoms with E-state index < -0.39 is 91.3 Å². The molecule has 15 nitrogen and oxygen atoms in total. The van der Waals surface area contributed by atoms with Crippen LogP contribution in [0.2, 0.25) is 0 Å². The lowest BCUT2D eigenvalue weighted by molar-refractivity contribution is -0.356. The Bertz CT molecular complexity index is 4370. The van der Waals surface area contributed by atoms with Gasteiger partial charge >= 0.3 is 0 Å². The highest BCUT2D eigenvalue weighted by atomic mass is 32.2. The van der Waals surface area contributed by atoms with Crippen LogP contribution in [0.25, 0.3) is 0 Å². The van der Waals surface area contributed by atoms with Crippen LogP contribution in [0.1, 0.15) is 61.2 Å². The standard InChI is InChI=1S/C95H98O15S/c1-69-52-54-80(55-53-69)111-95-92(105-65-79-50-30-11-31-51-79)89(102-62-76-44-24-8-25-45-76)86(99-59-73-38-18-5-19-39-73)83(110-95)68-107-94-91(104-64-78-48-28-10-29-49-78)88(101-61-75-42-22-7-23-43-75)85(98-58-72-36-16-4-17-37-72)82(109-94)67-106-93-90(103-63-77-46-26-9-27-47-77)87(100-60-74-40-20-6-21-41-74)84(97-57-71-34-14-3-15-35-71)81(108-93)66-96-56-70-32-12-2-13-33-70/h2-55,81-95H,56-68H2,1H3/t81-,82-,83-,84-,85-,86-,87+,88+,89+,90-,91-,92-,93+,94+,95+/m1/s1. The van der Waals surface area contributed by atoms with E-state index in [1.54, 1.807) is 11.8 Å². The third kappa shape index (κ3) is 23.4. The number of ether oxygens (including phenoxy) is 15. The first kappa shape index (κ1) is 78.8. The van der Waals surface area contributed by atoms with Crippen molar-refractivity contribution in [3.63, 3.8) is 0 Å². The van der Waals surface area contributed by atoms with E-state index >= 15 is 0 Å². The molecule has 0 aliphatic carbocycles. The number of hydrogen-bond acceptors (Lipinski definition) is 16. The second kappa shape index (κ2) is 42.2. The van der Waals surface area contributed by atoms with Gasteiger partial charge in [0.1, 0.15) is 78.7 Å². The maximum absolute atomic E-state index is 7.63. The van der Waals surface area contributed by atoms with E-state index in [0.29, 0.717) is 6.61 Å². The molecule has 16 heteroatoms. The zero-order chi connectivity index (χ0) is 75.3. The summed E-state index contributed by atoms with van der Waals surface area (Å²) >= 11 is 1.57. The van der Waals surface area contributed by atoms with Crippen LogP contribution in [0.3, 0.4) is 0 Å². The molecule has 0 spiro atoms. The van der Waals surface area contributed by atoms with Crippen LogP contribution >= 0.6 is 11.8 Å². The average Bonchev–Trinajstić information content (AvgIpc) is 0.781. The first-order valence-electron chi connectivity index (χ1n) is 38.4. The molecular formula is C95H98O15S. The van der Waals surface area contributed by atoms with Crippen LogP contribution in [-0.4, -0.2) is 111 Å². The maximum atomic E-state index is 7.63. The third-order valence-corrected chi connectivity index (χ3v) is 21.0. The van der Waals surface area contributed by atoms with Crippen molar-refractivity contribution >= 4 is 11.8 Å². The SMILES string of the molecule is Cc1ccc(S[C@@H]2O[C@H](CO[C@H]3O[C@H](CO[C@H]4O[C@H](COCc5ccccc5)[C@@H](OCc5ccccc5)[C@H](OCc5ccccc5)[C@H]4OCc4ccccc4)[C@@H](OCc4ccccc4)[C@H](OCc4ccccc4)[C@H]3OCc3ccccc3)[C@@H](OCc3ccccc3)[C@H](OCc3ccccc3)[C@H]2OCc2ccccc2)cc1. The van der Waals surface area contributed by atoms with Crippen LogP contribution in [0, 0.1) is 6.92 Å². The summed E-state index contributed by atoms with van der Waals surface area (Å²) in [6.07, 6.45) is -12.2. The highest BCUT2D eigenvalue weighted by Crippen LogP contribution is 2.41. The van der Waals surface area contributed by atoms with E-state index in [1.165, 1.54) is 0 Å². The molecule has 3 aliphatic rings. The smallest absolute Gasteiger partial charge is 0.187 e. The van der Waals surface area contributed by atoms with Gasteiger partial charge < -0.3 is 71.1 Å². The summed E-state index contributed by atoms with van der Waals surface area (Å²) in [7, 11) is 0. The summed E-state index contributed by atoms with van der Waals surface area (Å²) in [5.41, 5.74) is 10.1. The van der Waals surface area contributed by atoms with Crippen LogP contribution in [0.5, 0.6) is 0 Å². The Hall–Kier alpha value is -8.83. The summed E-state index contributed by atoms with van der Waals surface area (Å²) in [5, 5.41) is 0. The molecule has 0 amide bonds. The van der Waals surface area contributed by atoms with E-state index in [9.17, 15) is 0 Å². The largest absolute Gasteiger partial charge is 0.374 e. The van der Waals surface area contributed by atoms with Gasteiger partial charge in [0.05, 0.1) is 85.9 Å². The van der Waals surface area contributed by atoms with Gasteiger partial charge in [-0.3, -0.25) is 0 Å². The Morgan fingerprint density at radius 3 is 0.730 bits per heavy atom. The lowest BCUT2D eigenvalue weighted by Gasteiger charge is -2.49. The molecule has 0 bridgehead atoms. The Morgan fingerprint density at radius 1 is 0.216 bits per heavy atom. The summed E-state index contributed by atoms with van der Waals surface area (Å²) in [6, 6.07) is 110. The highest BCUT2D eigenvalue weighted by molar-refractivity contribution is 7.99. The Balaban J connectivity index is 0.854. The fraction of sp³-hybridized carbons (Fsp3) is 0.305. The lowest BCUT2D eigenvalue weighted by atomic mass is 9.96. The van der Waals surface area contributed by atoms with Gasteiger partial charge in [-0.15, -0.1) is 0 Å². The normalized spacial score (nSPS) is 23.9. The summed E-state index contributed by atoms with van der Waals surface area (Å²) in [5.74, 6) is 0. The Labute approximate surface area is 656 Å². The van der Waals surface area contributed by atoms with Crippen molar-refractivity contribution in [2.75, 3.05) is 19.8 Å². The number of aryl methyl sites for hydroxylation is 1. The molecule has 0 N–H and O–H groups in total. The fourth-order valence-corrected chi connectivity index (χ4v) is 15.1. The molecule has 15 atom stereocenters. The first-order chi connectivity index (χ1) is 54.9. The minimum absolute atomic E-state index is 0.0813. The molecule has 11 aromatic rings. The summed E-state index contributed by atoms with van der Waals surface area (Å²) in [6.45, 7) is 4.28. The van der Waals surface area contributed by atoms with Crippen molar-refractivity contribution in [2.24, 2.45) is 0 Å². The number of benzene rings is 11. The monoisotopic (exact) mass is 1510 g/mol. The van der Waals surface area contributed by atoms with Crippen LogP contribution in [-0.2, 0) is 137 Å². The Kier molecular flexibility index (Phi) is 29.9. The van der Waals surface area contributed by atoms with Crippen molar-refractivity contribution < 1.29 is 71.1 Å². The molecule has 0 radical (unpaired) electrons. The van der Waals surface area contributed by atoms with Crippen molar-refractivity contribution in [1.82, 2.24) is 0 Å². The maximum Gasteiger partial charge on any atom is 0.187 e. The zero-order valence-corrected chi connectivity index (χ0v) is 63.4. The van der Waals surface area contributed by atoms with Gasteiger partial charge in [-0.05, 0) is 74.7 Å². The quantitative estimate of drug-likeness (QED) is 0.0361. The zero-order valence-electron chi connectivity index (χ0n) is 62.6. The van der Waals surface area contributed by atoms with Gasteiger partial charge in [0.2, 0.25) is 0 Å². The van der Waals surface area contributed by atoms with Gasteiger partial charge in [0.25, 0.3) is 0 Å². The second-order valence-corrected chi connectivity index (χ2v) is 29.2.